The Morgan fingerprint density at radius 3 is 2.55 bits per heavy atom. The molecule has 0 aliphatic carbocycles. The monoisotopic (exact) mass is 156 g/mol. The minimum Gasteiger partial charge on any atom is -0.374 e. The van der Waals surface area contributed by atoms with Gasteiger partial charge in [0.1, 0.15) is 0 Å². The van der Waals surface area contributed by atoms with Crippen LogP contribution in [-0.4, -0.2) is 12.7 Å². The molecule has 0 aliphatic heterocycles. The van der Waals surface area contributed by atoms with Gasteiger partial charge in [-0.25, -0.2) is 0 Å². The van der Waals surface area contributed by atoms with Crippen LogP contribution in [0, 0.1) is 0 Å². The van der Waals surface area contributed by atoms with Gasteiger partial charge in [0, 0.05) is 0 Å². The average molecular weight is 156 g/mol. The second kappa shape index (κ2) is 6.41. The Morgan fingerprint density at radius 1 is 1.45 bits per heavy atom. The first-order chi connectivity index (χ1) is 5.20. The van der Waals surface area contributed by atoms with Crippen LogP contribution in [0.25, 0.3) is 0 Å². The van der Waals surface area contributed by atoms with Crippen molar-refractivity contribution in [2.45, 2.75) is 46.6 Å². The Kier molecular flexibility index (Phi) is 6.24. The van der Waals surface area contributed by atoms with Gasteiger partial charge in [0.2, 0.25) is 0 Å². The van der Waals surface area contributed by atoms with Crippen molar-refractivity contribution in [1.29, 1.82) is 0 Å². The van der Waals surface area contributed by atoms with Crippen molar-refractivity contribution in [2.75, 3.05) is 6.61 Å². The number of rotatable bonds is 5. The molecule has 0 saturated heterocycles. The van der Waals surface area contributed by atoms with E-state index >= 15 is 0 Å². The van der Waals surface area contributed by atoms with Gasteiger partial charge < -0.3 is 4.74 Å². The van der Waals surface area contributed by atoms with Crippen LogP contribution in [0.5, 0.6) is 0 Å². The lowest BCUT2D eigenvalue weighted by Crippen LogP contribution is -2.05. The van der Waals surface area contributed by atoms with Crippen LogP contribution in [0.2, 0.25) is 0 Å². The highest BCUT2D eigenvalue weighted by molar-refractivity contribution is 4.96. The largest absolute Gasteiger partial charge is 0.374 e. The van der Waals surface area contributed by atoms with Crippen LogP contribution >= 0.6 is 0 Å². The maximum atomic E-state index is 5.49. The summed E-state index contributed by atoms with van der Waals surface area (Å²) < 4.78 is 5.49. The molecule has 0 saturated carbocycles. The molecule has 0 aliphatic rings. The summed E-state index contributed by atoms with van der Waals surface area (Å²) in [6.45, 7) is 9.32. The fourth-order valence-corrected chi connectivity index (χ4v) is 0.617. The number of hydrogen-bond acceptors (Lipinski definition) is 1. The van der Waals surface area contributed by atoms with E-state index in [1.54, 1.807) is 0 Å². The maximum absolute atomic E-state index is 5.49. The first-order valence-corrected chi connectivity index (χ1v) is 4.47. The van der Waals surface area contributed by atoms with Crippen LogP contribution < -0.4 is 0 Å². The van der Waals surface area contributed by atoms with Crippen molar-refractivity contribution in [3.8, 4) is 0 Å². The van der Waals surface area contributed by atoms with E-state index in [1.807, 2.05) is 0 Å². The van der Waals surface area contributed by atoms with E-state index in [2.05, 4.69) is 33.8 Å². The molecule has 0 aromatic carbocycles. The van der Waals surface area contributed by atoms with Gasteiger partial charge in [0.15, 0.2) is 0 Å². The topological polar surface area (TPSA) is 9.23 Å². The van der Waals surface area contributed by atoms with Crippen LogP contribution in [0.1, 0.15) is 40.5 Å². The van der Waals surface area contributed by atoms with E-state index in [0.717, 1.165) is 19.4 Å². The predicted molar refractivity (Wildman–Crippen MR) is 49.8 cm³/mol. The number of allylic oxidation sites excluding steroid dienone is 1. The van der Waals surface area contributed by atoms with Crippen molar-refractivity contribution in [2.24, 2.45) is 0 Å². The zero-order valence-electron chi connectivity index (χ0n) is 8.18. The molecule has 1 nitrogen and oxygen atoms in total. The van der Waals surface area contributed by atoms with Crippen LogP contribution in [0.3, 0.4) is 0 Å². The fourth-order valence-electron chi connectivity index (χ4n) is 0.617. The van der Waals surface area contributed by atoms with Crippen LogP contribution in [0.15, 0.2) is 11.6 Å². The Hall–Kier alpha value is -0.300. The summed E-state index contributed by atoms with van der Waals surface area (Å²) >= 11 is 0. The molecule has 0 radical (unpaired) electrons. The van der Waals surface area contributed by atoms with E-state index in [-0.39, 0.29) is 0 Å². The third-order valence-corrected chi connectivity index (χ3v) is 1.95. The Morgan fingerprint density at radius 2 is 2.09 bits per heavy atom. The van der Waals surface area contributed by atoms with Crippen molar-refractivity contribution in [3.05, 3.63) is 11.6 Å². The van der Waals surface area contributed by atoms with E-state index in [4.69, 9.17) is 4.74 Å². The molecule has 1 heteroatoms. The second-order valence-electron chi connectivity index (χ2n) is 2.96. The molecule has 0 bridgehead atoms. The zero-order chi connectivity index (χ0) is 8.69. The number of ether oxygens (including phenoxy) is 1. The lowest BCUT2D eigenvalue weighted by Gasteiger charge is -2.07. The molecule has 0 rings (SSSR count). The highest BCUT2D eigenvalue weighted by atomic mass is 16.5. The molecular weight excluding hydrogens is 136 g/mol. The minimum absolute atomic E-state index is 0.399. The molecule has 66 valence electrons. The lowest BCUT2D eigenvalue weighted by molar-refractivity contribution is 0.0853. The molecule has 0 aromatic rings. The summed E-state index contributed by atoms with van der Waals surface area (Å²) in [5, 5.41) is 0. The van der Waals surface area contributed by atoms with Crippen molar-refractivity contribution in [1.82, 2.24) is 0 Å². The van der Waals surface area contributed by atoms with Crippen LogP contribution in [-0.2, 0) is 4.74 Å². The summed E-state index contributed by atoms with van der Waals surface area (Å²) in [7, 11) is 0. The molecule has 0 heterocycles. The van der Waals surface area contributed by atoms with Gasteiger partial charge in [0.05, 0.1) is 12.7 Å². The SMILES string of the molecule is CCC(C)=CCOC(C)CC. The smallest absolute Gasteiger partial charge is 0.0653 e. The minimum atomic E-state index is 0.399. The summed E-state index contributed by atoms with van der Waals surface area (Å²) in [5.74, 6) is 0. The third-order valence-electron chi connectivity index (χ3n) is 1.95. The van der Waals surface area contributed by atoms with E-state index < -0.39 is 0 Å². The lowest BCUT2D eigenvalue weighted by atomic mass is 10.2. The van der Waals surface area contributed by atoms with Crippen molar-refractivity contribution in [3.63, 3.8) is 0 Å². The van der Waals surface area contributed by atoms with E-state index in [9.17, 15) is 0 Å². The highest BCUT2D eigenvalue weighted by Gasteiger charge is 1.94. The summed E-state index contributed by atoms with van der Waals surface area (Å²) in [4.78, 5) is 0. The quantitative estimate of drug-likeness (QED) is 0.555. The van der Waals surface area contributed by atoms with Gasteiger partial charge in [-0.2, -0.15) is 0 Å². The van der Waals surface area contributed by atoms with Crippen molar-refractivity contribution < 1.29 is 4.74 Å². The molecule has 1 atom stereocenters. The standard InChI is InChI=1S/C10H20O/c1-5-9(3)7-8-11-10(4)6-2/h7,10H,5-6,8H2,1-4H3. The summed E-state index contributed by atoms with van der Waals surface area (Å²) in [6.07, 6.45) is 4.78. The Labute approximate surface area is 70.4 Å². The Bertz CT molecular complexity index is 116. The van der Waals surface area contributed by atoms with Gasteiger partial charge in [0.25, 0.3) is 0 Å². The first kappa shape index (κ1) is 10.7. The maximum Gasteiger partial charge on any atom is 0.0653 e. The molecule has 0 aromatic heterocycles. The highest BCUT2D eigenvalue weighted by Crippen LogP contribution is 2.00. The average Bonchev–Trinajstić information content (AvgIpc) is 2.04. The van der Waals surface area contributed by atoms with E-state index in [0.29, 0.717) is 6.10 Å². The molecular formula is C10H20O. The fraction of sp³-hybridized carbons (Fsp3) is 0.800. The molecule has 0 N–H and O–H groups in total. The molecule has 0 fully saturated rings. The molecule has 1 unspecified atom stereocenters. The van der Waals surface area contributed by atoms with Gasteiger partial charge in [-0.05, 0) is 26.7 Å². The normalized spacial score (nSPS) is 15.1. The predicted octanol–water partition coefficient (Wildman–Crippen LogP) is 3.16. The van der Waals surface area contributed by atoms with Gasteiger partial charge >= 0.3 is 0 Å². The summed E-state index contributed by atoms with van der Waals surface area (Å²) in [5.41, 5.74) is 1.41. The zero-order valence-corrected chi connectivity index (χ0v) is 8.18. The van der Waals surface area contributed by atoms with Gasteiger partial charge in [-0.1, -0.05) is 25.5 Å². The molecule has 0 amide bonds. The van der Waals surface area contributed by atoms with Crippen LogP contribution in [0.4, 0.5) is 0 Å². The van der Waals surface area contributed by atoms with E-state index in [1.165, 1.54) is 5.57 Å². The van der Waals surface area contributed by atoms with Gasteiger partial charge in [-0.15, -0.1) is 0 Å². The summed E-state index contributed by atoms with van der Waals surface area (Å²) in [6, 6.07) is 0. The molecule has 11 heavy (non-hydrogen) atoms. The Balaban J connectivity index is 3.39. The number of hydrogen-bond donors (Lipinski definition) is 0. The first-order valence-electron chi connectivity index (χ1n) is 4.47. The van der Waals surface area contributed by atoms with Gasteiger partial charge in [-0.3, -0.25) is 0 Å². The second-order valence-corrected chi connectivity index (χ2v) is 2.96. The third kappa shape index (κ3) is 6.11. The molecule has 0 spiro atoms. The van der Waals surface area contributed by atoms with Crippen molar-refractivity contribution >= 4 is 0 Å².